The lowest BCUT2D eigenvalue weighted by molar-refractivity contribution is 0.0980. The second-order valence-corrected chi connectivity index (χ2v) is 4.70. The Bertz CT molecular complexity index is 745. The molecule has 0 unspecified atom stereocenters. The lowest BCUT2D eigenvalue weighted by atomic mass is 9.99. The van der Waals surface area contributed by atoms with E-state index in [9.17, 15) is 22.4 Å². The van der Waals surface area contributed by atoms with E-state index in [0.29, 0.717) is 6.07 Å². The van der Waals surface area contributed by atoms with Crippen LogP contribution in [0.5, 0.6) is 0 Å². The van der Waals surface area contributed by atoms with E-state index in [2.05, 4.69) is 0 Å². The number of carbonyl (C=O) groups is 1. The molecule has 0 atom stereocenters. The van der Waals surface area contributed by atoms with Crippen LogP contribution in [0.1, 0.15) is 16.8 Å². The van der Waals surface area contributed by atoms with Crippen LogP contribution in [0.3, 0.4) is 0 Å². The summed E-state index contributed by atoms with van der Waals surface area (Å²) in [6, 6.07) is 4.62. The first kappa shape index (κ1) is 13.6. The third kappa shape index (κ3) is 2.26. The van der Waals surface area contributed by atoms with Gasteiger partial charge in [-0.15, -0.1) is 0 Å². The summed E-state index contributed by atoms with van der Waals surface area (Å²) in [5, 5.41) is 0. The first-order valence-corrected chi connectivity index (χ1v) is 6.22. The standard InChI is InChI=1S/C15H9F4NO/c16-8-1-2-13(12(19)5-8)20-4-3-15(21)9-6-10(17)11(18)7-14(9)20/h1-2,5-7H,3-4H2. The van der Waals surface area contributed by atoms with Gasteiger partial charge in [-0.3, -0.25) is 4.79 Å². The molecule has 2 nitrogen and oxygen atoms in total. The summed E-state index contributed by atoms with van der Waals surface area (Å²) in [7, 11) is 0. The van der Waals surface area contributed by atoms with Crippen molar-refractivity contribution < 1.29 is 22.4 Å². The normalized spacial score (nSPS) is 14.3. The Labute approximate surface area is 117 Å². The molecule has 0 bridgehead atoms. The molecule has 108 valence electrons. The van der Waals surface area contributed by atoms with E-state index >= 15 is 0 Å². The predicted molar refractivity (Wildman–Crippen MR) is 68.7 cm³/mol. The van der Waals surface area contributed by atoms with E-state index in [1.54, 1.807) is 0 Å². The molecule has 0 saturated carbocycles. The molecule has 0 aliphatic carbocycles. The van der Waals surface area contributed by atoms with Crippen LogP contribution in [0.15, 0.2) is 30.3 Å². The highest BCUT2D eigenvalue weighted by Gasteiger charge is 2.27. The Hall–Kier alpha value is -2.37. The fourth-order valence-electron chi connectivity index (χ4n) is 2.40. The van der Waals surface area contributed by atoms with Gasteiger partial charge < -0.3 is 4.90 Å². The van der Waals surface area contributed by atoms with Crippen molar-refractivity contribution in [2.75, 3.05) is 11.4 Å². The molecule has 2 aromatic rings. The summed E-state index contributed by atoms with van der Waals surface area (Å²) in [5.41, 5.74) is 0.0793. The van der Waals surface area contributed by atoms with Gasteiger partial charge in [-0.1, -0.05) is 0 Å². The molecule has 1 aliphatic rings. The molecule has 6 heteroatoms. The van der Waals surface area contributed by atoms with Gasteiger partial charge in [-0.05, 0) is 18.2 Å². The fourth-order valence-corrected chi connectivity index (χ4v) is 2.40. The van der Waals surface area contributed by atoms with Gasteiger partial charge in [0.05, 0.1) is 11.4 Å². The first-order chi connectivity index (χ1) is 9.97. The van der Waals surface area contributed by atoms with Crippen molar-refractivity contribution in [3.8, 4) is 0 Å². The van der Waals surface area contributed by atoms with Crippen LogP contribution in [0.25, 0.3) is 0 Å². The largest absolute Gasteiger partial charge is 0.338 e. The fraction of sp³-hybridized carbons (Fsp3) is 0.133. The van der Waals surface area contributed by atoms with E-state index in [0.717, 1.165) is 18.2 Å². The number of anilines is 2. The number of benzene rings is 2. The van der Waals surface area contributed by atoms with Crippen LogP contribution in [-0.2, 0) is 0 Å². The number of hydrogen-bond donors (Lipinski definition) is 0. The van der Waals surface area contributed by atoms with Gasteiger partial charge >= 0.3 is 0 Å². The Balaban J connectivity index is 2.17. The third-order valence-corrected chi connectivity index (χ3v) is 3.39. The maximum Gasteiger partial charge on any atom is 0.166 e. The van der Waals surface area contributed by atoms with E-state index in [1.807, 2.05) is 0 Å². The van der Waals surface area contributed by atoms with Crippen molar-refractivity contribution in [3.63, 3.8) is 0 Å². The molecule has 2 aromatic carbocycles. The third-order valence-electron chi connectivity index (χ3n) is 3.39. The van der Waals surface area contributed by atoms with Crippen LogP contribution in [0.4, 0.5) is 28.9 Å². The maximum atomic E-state index is 13.9. The Morgan fingerprint density at radius 2 is 1.57 bits per heavy atom. The molecule has 0 fully saturated rings. The first-order valence-electron chi connectivity index (χ1n) is 6.22. The summed E-state index contributed by atoms with van der Waals surface area (Å²) in [5.74, 6) is -4.18. The quantitative estimate of drug-likeness (QED) is 0.742. The SMILES string of the molecule is O=C1CCN(c2ccc(F)cc2F)c2cc(F)c(F)cc21. The molecular formula is C15H9F4NO. The van der Waals surface area contributed by atoms with E-state index < -0.39 is 23.3 Å². The van der Waals surface area contributed by atoms with Crippen LogP contribution in [0.2, 0.25) is 0 Å². The second kappa shape index (κ2) is 4.87. The Morgan fingerprint density at radius 1 is 0.857 bits per heavy atom. The number of Topliss-reactive ketones (excluding diaryl/α,β-unsaturated/α-hetero) is 1. The summed E-state index contributed by atoms with van der Waals surface area (Å²) >= 11 is 0. The zero-order chi connectivity index (χ0) is 15.1. The minimum atomic E-state index is -1.14. The zero-order valence-corrected chi connectivity index (χ0v) is 10.7. The van der Waals surface area contributed by atoms with Crippen LogP contribution in [0, 0.1) is 23.3 Å². The van der Waals surface area contributed by atoms with Crippen LogP contribution < -0.4 is 4.90 Å². The molecule has 0 radical (unpaired) electrons. The molecule has 1 heterocycles. The minimum absolute atomic E-state index is 0.0103. The number of hydrogen-bond acceptors (Lipinski definition) is 2. The average Bonchev–Trinajstić information content (AvgIpc) is 2.43. The van der Waals surface area contributed by atoms with Crippen LogP contribution in [-0.4, -0.2) is 12.3 Å². The van der Waals surface area contributed by atoms with Gasteiger partial charge in [0.1, 0.15) is 11.6 Å². The summed E-state index contributed by atoms with van der Waals surface area (Å²) in [4.78, 5) is 13.1. The number of fused-ring (bicyclic) bond motifs is 1. The molecule has 0 aromatic heterocycles. The van der Waals surface area contributed by atoms with Crippen molar-refractivity contribution in [2.45, 2.75) is 6.42 Å². The predicted octanol–water partition coefficient (Wildman–Crippen LogP) is 3.97. The van der Waals surface area contributed by atoms with Crippen molar-refractivity contribution in [1.82, 2.24) is 0 Å². The highest BCUT2D eigenvalue weighted by atomic mass is 19.2. The summed E-state index contributed by atoms with van der Waals surface area (Å²) in [6.45, 7) is 0.111. The van der Waals surface area contributed by atoms with E-state index in [4.69, 9.17) is 0 Å². The number of carbonyl (C=O) groups excluding carboxylic acids is 1. The number of halogens is 4. The van der Waals surface area contributed by atoms with Gasteiger partial charge in [0, 0.05) is 30.7 Å². The molecule has 21 heavy (non-hydrogen) atoms. The number of nitrogens with zero attached hydrogens (tertiary/aromatic N) is 1. The van der Waals surface area contributed by atoms with Crippen molar-refractivity contribution in [3.05, 3.63) is 59.2 Å². The lowest BCUT2D eigenvalue weighted by Gasteiger charge is -2.30. The van der Waals surface area contributed by atoms with Crippen molar-refractivity contribution in [2.24, 2.45) is 0 Å². The zero-order valence-electron chi connectivity index (χ0n) is 10.7. The van der Waals surface area contributed by atoms with Gasteiger partial charge in [0.2, 0.25) is 0 Å². The Morgan fingerprint density at radius 3 is 2.29 bits per heavy atom. The summed E-state index contributed by atoms with van der Waals surface area (Å²) < 4.78 is 53.5. The highest BCUT2D eigenvalue weighted by molar-refractivity contribution is 6.04. The monoisotopic (exact) mass is 295 g/mol. The van der Waals surface area contributed by atoms with Crippen molar-refractivity contribution >= 4 is 17.2 Å². The van der Waals surface area contributed by atoms with Gasteiger partial charge in [0.25, 0.3) is 0 Å². The second-order valence-electron chi connectivity index (χ2n) is 4.70. The van der Waals surface area contributed by atoms with Gasteiger partial charge in [-0.2, -0.15) is 0 Å². The van der Waals surface area contributed by atoms with E-state index in [1.165, 1.54) is 11.0 Å². The molecule has 0 N–H and O–H groups in total. The average molecular weight is 295 g/mol. The molecule has 0 amide bonds. The topological polar surface area (TPSA) is 20.3 Å². The van der Waals surface area contributed by atoms with Gasteiger partial charge in [-0.25, -0.2) is 17.6 Å². The molecule has 1 aliphatic heterocycles. The minimum Gasteiger partial charge on any atom is -0.338 e. The number of ketones is 1. The Kier molecular flexibility index (Phi) is 3.16. The molecule has 0 saturated heterocycles. The highest BCUT2D eigenvalue weighted by Crippen LogP contribution is 2.36. The smallest absolute Gasteiger partial charge is 0.166 e. The van der Waals surface area contributed by atoms with Crippen molar-refractivity contribution in [1.29, 1.82) is 0 Å². The van der Waals surface area contributed by atoms with Crippen LogP contribution >= 0.6 is 0 Å². The molecular weight excluding hydrogens is 286 g/mol. The van der Waals surface area contributed by atoms with Gasteiger partial charge in [0.15, 0.2) is 17.4 Å². The molecule has 3 rings (SSSR count). The lowest BCUT2D eigenvalue weighted by Crippen LogP contribution is -2.29. The number of rotatable bonds is 1. The molecule has 0 spiro atoms. The summed E-state index contributed by atoms with van der Waals surface area (Å²) in [6.07, 6.45) is 0.0366. The van der Waals surface area contributed by atoms with E-state index in [-0.39, 0.29) is 35.7 Å². The maximum absolute atomic E-state index is 13.9.